The number of hydrogen-bond acceptors (Lipinski definition) is 2. The lowest BCUT2D eigenvalue weighted by molar-refractivity contribution is -0.137. The number of carboxylic acid groups (broad SMARTS) is 1. The van der Waals surface area contributed by atoms with E-state index in [1.54, 1.807) is 6.92 Å². The van der Waals surface area contributed by atoms with E-state index in [9.17, 15) is 4.79 Å². The van der Waals surface area contributed by atoms with E-state index in [4.69, 9.17) is 5.11 Å². The summed E-state index contributed by atoms with van der Waals surface area (Å²) in [5.74, 6) is -0.859. The highest BCUT2D eigenvalue weighted by molar-refractivity contribution is 6.13. The van der Waals surface area contributed by atoms with Crippen molar-refractivity contribution in [3.63, 3.8) is 0 Å². The SMILES string of the molecule is C[C@H](Nc1cc2ccccc2c2ccccc12)C(=O)O. The molecule has 3 heteroatoms. The molecule has 0 spiro atoms. The first kappa shape index (κ1) is 12.5. The average Bonchev–Trinajstić information content (AvgIpc) is 2.47. The summed E-state index contributed by atoms with van der Waals surface area (Å²) < 4.78 is 0. The van der Waals surface area contributed by atoms with Gasteiger partial charge in [0.1, 0.15) is 6.04 Å². The predicted octanol–water partition coefficient (Wildman–Crippen LogP) is 3.88. The molecule has 2 N–H and O–H groups in total. The van der Waals surface area contributed by atoms with Crippen molar-refractivity contribution in [2.45, 2.75) is 13.0 Å². The molecule has 100 valence electrons. The smallest absolute Gasteiger partial charge is 0.325 e. The number of anilines is 1. The van der Waals surface area contributed by atoms with Gasteiger partial charge in [-0.2, -0.15) is 0 Å². The normalized spacial score (nSPS) is 12.4. The first-order chi connectivity index (χ1) is 9.66. The maximum atomic E-state index is 11.0. The molecule has 0 saturated carbocycles. The van der Waals surface area contributed by atoms with Crippen molar-refractivity contribution in [1.82, 2.24) is 0 Å². The van der Waals surface area contributed by atoms with Crippen LogP contribution in [0.3, 0.4) is 0 Å². The molecular formula is C17H15NO2. The van der Waals surface area contributed by atoms with Gasteiger partial charge in [-0.05, 0) is 29.1 Å². The van der Waals surface area contributed by atoms with Crippen molar-refractivity contribution in [3.05, 3.63) is 54.6 Å². The zero-order valence-electron chi connectivity index (χ0n) is 11.1. The third kappa shape index (κ3) is 2.07. The van der Waals surface area contributed by atoms with Crippen LogP contribution >= 0.6 is 0 Å². The van der Waals surface area contributed by atoms with Crippen LogP contribution in [0.1, 0.15) is 6.92 Å². The van der Waals surface area contributed by atoms with E-state index in [0.29, 0.717) is 0 Å². The standard InChI is InChI=1S/C17H15NO2/c1-11(17(19)20)18-16-10-12-6-2-3-7-13(12)14-8-4-5-9-15(14)16/h2-11,18H,1H3,(H,19,20)/t11-/m0/s1. The third-order valence-electron chi connectivity index (χ3n) is 3.51. The molecule has 3 nitrogen and oxygen atoms in total. The Morgan fingerprint density at radius 3 is 2.30 bits per heavy atom. The lowest BCUT2D eigenvalue weighted by atomic mass is 10.00. The second kappa shape index (κ2) is 4.85. The minimum atomic E-state index is -0.859. The van der Waals surface area contributed by atoms with Gasteiger partial charge in [0.05, 0.1) is 0 Å². The van der Waals surface area contributed by atoms with Gasteiger partial charge in [-0.15, -0.1) is 0 Å². The molecule has 1 atom stereocenters. The summed E-state index contributed by atoms with van der Waals surface area (Å²) in [6, 6.07) is 17.6. The van der Waals surface area contributed by atoms with Crippen molar-refractivity contribution in [2.24, 2.45) is 0 Å². The van der Waals surface area contributed by atoms with Crippen LogP contribution in [-0.4, -0.2) is 17.1 Å². The van der Waals surface area contributed by atoms with Gasteiger partial charge in [-0.3, -0.25) is 4.79 Å². The summed E-state index contributed by atoms with van der Waals surface area (Å²) >= 11 is 0. The molecule has 0 saturated heterocycles. The molecule has 0 aliphatic carbocycles. The summed E-state index contributed by atoms with van der Waals surface area (Å²) in [5.41, 5.74) is 0.856. The number of carboxylic acids is 1. The Balaban J connectivity index is 2.26. The molecule has 3 rings (SSSR count). The van der Waals surface area contributed by atoms with E-state index < -0.39 is 12.0 Å². The maximum Gasteiger partial charge on any atom is 0.325 e. The summed E-state index contributed by atoms with van der Waals surface area (Å²) in [4.78, 5) is 11.0. The van der Waals surface area contributed by atoms with E-state index >= 15 is 0 Å². The second-order valence-corrected chi connectivity index (χ2v) is 4.90. The molecule has 0 heterocycles. The van der Waals surface area contributed by atoms with Gasteiger partial charge in [0.25, 0.3) is 0 Å². The largest absolute Gasteiger partial charge is 0.480 e. The highest BCUT2D eigenvalue weighted by atomic mass is 16.4. The summed E-state index contributed by atoms with van der Waals surface area (Å²) in [6.45, 7) is 1.65. The molecule has 20 heavy (non-hydrogen) atoms. The van der Waals surface area contributed by atoms with Crippen LogP contribution in [0.5, 0.6) is 0 Å². The quantitative estimate of drug-likeness (QED) is 0.706. The molecule has 0 unspecified atom stereocenters. The van der Waals surface area contributed by atoms with Crippen LogP contribution in [0.25, 0.3) is 21.5 Å². The molecule has 0 radical (unpaired) electrons. The highest BCUT2D eigenvalue weighted by Crippen LogP contribution is 2.32. The van der Waals surface area contributed by atoms with Crippen LogP contribution in [-0.2, 0) is 4.79 Å². The summed E-state index contributed by atoms with van der Waals surface area (Å²) in [7, 11) is 0. The molecule has 0 aromatic heterocycles. The van der Waals surface area contributed by atoms with Gasteiger partial charge in [0.15, 0.2) is 0 Å². The first-order valence-electron chi connectivity index (χ1n) is 6.56. The fraction of sp³-hybridized carbons (Fsp3) is 0.118. The van der Waals surface area contributed by atoms with Gasteiger partial charge < -0.3 is 10.4 Å². The van der Waals surface area contributed by atoms with Crippen molar-refractivity contribution in [3.8, 4) is 0 Å². The maximum absolute atomic E-state index is 11.0. The molecular weight excluding hydrogens is 250 g/mol. The Hall–Kier alpha value is -2.55. The van der Waals surface area contributed by atoms with Crippen molar-refractivity contribution < 1.29 is 9.90 Å². The monoisotopic (exact) mass is 265 g/mol. The Labute approximate surface area is 116 Å². The fourth-order valence-electron chi connectivity index (χ4n) is 2.47. The first-order valence-corrected chi connectivity index (χ1v) is 6.56. The molecule has 0 fully saturated rings. The van der Waals surface area contributed by atoms with Crippen LogP contribution < -0.4 is 5.32 Å². The van der Waals surface area contributed by atoms with Gasteiger partial charge in [0.2, 0.25) is 0 Å². The van der Waals surface area contributed by atoms with Gasteiger partial charge >= 0.3 is 5.97 Å². The number of fused-ring (bicyclic) bond motifs is 3. The number of nitrogens with one attached hydrogen (secondary N) is 1. The average molecular weight is 265 g/mol. The Morgan fingerprint density at radius 1 is 1.00 bits per heavy atom. The van der Waals surface area contributed by atoms with Crippen molar-refractivity contribution in [1.29, 1.82) is 0 Å². The molecule has 0 bridgehead atoms. The Bertz CT molecular complexity index is 795. The van der Waals surface area contributed by atoms with E-state index in [-0.39, 0.29) is 0 Å². The molecule has 3 aromatic carbocycles. The van der Waals surface area contributed by atoms with Crippen LogP contribution in [0.2, 0.25) is 0 Å². The molecule has 3 aromatic rings. The summed E-state index contributed by atoms with van der Waals surface area (Å²) in [6.07, 6.45) is 0. The number of benzene rings is 3. The lowest BCUT2D eigenvalue weighted by Gasteiger charge is -2.15. The number of rotatable bonds is 3. The second-order valence-electron chi connectivity index (χ2n) is 4.90. The number of hydrogen-bond donors (Lipinski definition) is 2. The van der Waals surface area contributed by atoms with Crippen LogP contribution in [0.4, 0.5) is 5.69 Å². The van der Waals surface area contributed by atoms with E-state index in [2.05, 4.69) is 17.4 Å². The lowest BCUT2D eigenvalue weighted by Crippen LogP contribution is -2.25. The predicted molar refractivity (Wildman–Crippen MR) is 82.2 cm³/mol. The topological polar surface area (TPSA) is 49.3 Å². The Morgan fingerprint density at radius 2 is 1.60 bits per heavy atom. The van der Waals surface area contributed by atoms with E-state index in [1.807, 2.05) is 42.5 Å². The van der Waals surface area contributed by atoms with Crippen molar-refractivity contribution >= 4 is 33.2 Å². The van der Waals surface area contributed by atoms with Crippen LogP contribution in [0.15, 0.2) is 54.6 Å². The van der Waals surface area contributed by atoms with E-state index in [0.717, 1.165) is 21.8 Å². The zero-order chi connectivity index (χ0) is 14.1. The van der Waals surface area contributed by atoms with Gasteiger partial charge in [0, 0.05) is 11.1 Å². The summed E-state index contributed by atoms with van der Waals surface area (Å²) in [5, 5.41) is 16.6. The van der Waals surface area contributed by atoms with E-state index in [1.165, 1.54) is 5.39 Å². The minimum Gasteiger partial charge on any atom is -0.480 e. The zero-order valence-corrected chi connectivity index (χ0v) is 11.1. The van der Waals surface area contributed by atoms with Crippen LogP contribution in [0, 0.1) is 0 Å². The van der Waals surface area contributed by atoms with Gasteiger partial charge in [-0.25, -0.2) is 0 Å². The molecule has 0 aliphatic heterocycles. The van der Waals surface area contributed by atoms with Gasteiger partial charge in [-0.1, -0.05) is 48.5 Å². The fourth-order valence-corrected chi connectivity index (χ4v) is 2.47. The molecule has 0 amide bonds. The van der Waals surface area contributed by atoms with Crippen molar-refractivity contribution in [2.75, 3.05) is 5.32 Å². The minimum absolute atomic E-state index is 0.625. The number of aliphatic carboxylic acids is 1. The highest BCUT2D eigenvalue weighted by Gasteiger charge is 2.13. The number of carbonyl (C=O) groups is 1. The third-order valence-corrected chi connectivity index (χ3v) is 3.51. The Kier molecular flexibility index (Phi) is 3.03. The molecule has 0 aliphatic rings.